The van der Waals surface area contributed by atoms with Crippen LogP contribution in [-0.4, -0.2) is 44.8 Å². The summed E-state index contributed by atoms with van der Waals surface area (Å²) in [4.78, 5) is 14.3. The SMILES string of the molecule is CC(Oc1ccc(Cl)cc1Cl)C(=O)Nc1ccc(S(=O)(=O)/N=C2/CCCN2C)cc1. The van der Waals surface area contributed by atoms with Crippen LogP contribution in [0.1, 0.15) is 19.8 Å². The molecule has 160 valence electrons. The fraction of sp³-hybridized carbons (Fsp3) is 0.300. The molecule has 1 atom stereocenters. The number of likely N-dealkylation sites (tertiary alicyclic amines) is 1. The molecule has 1 amide bonds. The van der Waals surface area contributed by atoms with E-state index in [1.165, 1.54) is 30.3 Å². The zero-order valence-electron chi connectivity index (χ0n) is 16.4. The van der Waals surface area contributed by atoms with E-state index >= 15 is 0 Å². The van der Waals surface area contributed by atoms with E-state index in [0.29, 0.717) is 33.7 Å². The number of carbonyl (C=O) groups is 1. The largest absolute Gasteiger partial charge is 0.479 e. The van der Waals surface area contributed by atoms with Gasteiger partial charge >= 0.3 is 0 Å². The van der Waals surface area contributed by atoms with Crippen molar-refractivity contribution in [2.75, 3.05) is 18.9 Å². The maximum Gasteiger partial charge on any atom is 0.283 e. The molecular weight excluding hydrogens is 449 g/mol. The van der Waals surface area contributed by atoms with Crippen molar-refractivity contribution < 1.29 is 17.9 Å². The predicted molar refractivity (Wildman–Crippen MR) is 118 cm³/mol. The van der Waals surface area contributed by atoms with E-state index in [4.69, 9.17) is 27.9 Å². The molecule has 1 heterocycles. The smallest absolute Gasteiger partial charge is 0.283 e. The first-order valence-electron chi connectivity index (χ1n) is 9.23. The minimum Gasteiger partial charge on any atom is -0.479 e. The molecule has 10 heteroatoms. The van der Waals surface area contributed by atoms with Crippen LogP contribution in [0.3, 0.4) is 0 Å². The minimum absolute atomic E-state index is 0.0607. The summed E-state index contributed by atoms with van der Waals surface area (Å²) in [6.07, 6.45) is 0.688. The zero-order chi connectivity index (χ0) is 21.9. The number of nitrogens with zero attached hydrogens (tertiary/aromatic N) is 2. The van der Waals surface area contributed by atoms with Gasteiger partial charge in [0.2, 0.25) is 0 Å². The summed E-state index contributed by atoms with van der Waals surface area (Å²) in [5.74, 6) is 0.477. The molecule has 1 saturated heterocycles. The second-order valence-electron chi connectivity index (χ2n) is 6.86. The van der Waals surface area contributed by atoms with Gasteiger partial charge < -0.3 is 15.0 Å². The molecular formula is C20H21Cl2N3O4S. The average Bonchev–Trinajstić information content (AvgIpc) is 3.08. The van der Waals surface area contributed by atoms with Crippen molar-refractivity contribution in [2.24, 2.45) is 4.40 Å². The number of hydrogen-bond donors (Lipinski definition) is 1. The third kappa shape index (κ3) is 5.44. The molecule has 2 aromatic rings. The monoisotopic (exact) mass is 469 g/mol. The Morgan fingerprint density at radius 2 is 1.90 bits per heavy atom. The van der Waals surface area contributed by atoms with Gasteiger partial charge in [-0.2, -0.15) is 8.42 Å². The quantitative estimate of drug-likeness (QED) is 0.684. The Hall–Kier alpha value is -2.29. The van der Waals surface area contributed by atoms with Crippen molar-refractivity contribution in [3.63, 3.8) is 0 Å². The Bertz CT molecular complexity index is 1070. The Morgan fingerprint density at radius 3 is 2.50 bits per heavy atom. The summed E-state index contributed by atoms with van der Waals surface area (Å²) in [6, 6.07) is 10.5. The molecule has 0 aromatic heterocycles. The maximum atomic E-state index is 12.5. The first-order chi connectivity index (χ1) is 14.2. The van der Waals surface area contributed by atoms with E-state index in [9.17, 15) is 13.2 Å². The molecule has 7 nitrogen and oxygen atoms in total. The van der Waals surface area contributed by atoms with E-state index in [2.05, 4.69) is 9.71 Å². The van der Waals surface area contributed by atoms with E-state index in [0.717, 1.165) is 13.0 Å². The van der Waals surface area contributed by atoms with Crippen LogP contribution >= 0.6 is 23.2 Å². The number of benzene rings is 2. The van der Waals surface area contributed by atoms with Gasteiger partial charge in [0.15, 0.2) is 6.10 Å². The molecule has 3 rings (SSSR count). The van der Waals surface area contributed by atoms with Crippen molar-refractivity contribution in [2.45, 2.75) is 30.8 Å². The fourth-order valence-electron chi connectivity index (χ4n) is 2.87. The van der Waals surface area contributed by atoms with Gasteiger partial charge in [0.25, 0.3) is 15.9 Å². The summed E-state index contributed by atoms with van der Waals surface area (Å²) in [5, 5.41) is 3.44. The van der Waals surface area contributed by atoms with Gasteiger partial charge in [0, 0.05) is 30.7 Å². The fourth-order valence-corrected chi connectivity index (χ4v) is 4.42. The number of sulfonamides is 1. The van der Waals surface area contributed by atoms with Gasteiger partial charge in [-0.25, -0.2) is 0 Å². The van der Waals surface area contributed by atoms with Crippen LogP contribution in [-0.2, 0) is 14.8 Å². The molecule has 0 bridgehead atoms. The van der Waals surface area contributed by atoms with Crippen molar-refractivity contribution in [1.82, 2.24) is 4.90 Å². The van der Waals surface area contributed by atoms with Crippen LogP contribution < -0.4 is 10.1 Å². The molecule has 30 heavy (non-hydrogen) atoms. The van der Waals surface area contributed by atoms with E-state index in [-0.39, 0.29) is 4.90 Å². The second kappa shape index (κ2) is 9.24. The third-order valence-electron chi connectivity index (χ3n) is 4.55. The molecule has 1 N–H and O–H groups in total. The average molecular weight is 470 g/mol. The molecule has 1 aliphatic heterocycles. The van der Waals surface area contributed by atoms with E-state index in [1.54, 1.807) is 19.1 Å². The van der Waals surface area contributed by atoms with Gasteiger partial charge in [0.1, 0.15) is 11.6 Å². The maximum absolute atomic E-state index is 12.5. The number of amidine groups is 1. The summed E-state index contributed by atoms with van der Waals surface area (Å²) in [7, 11) is -1.98. The molecule has 0 spiro atoms. The summed E-state index contributed by atoms with van der Waals surface area (Å²) >= 11 is 11.9. The van der Waals surface area contributed by atoms with Crippen LogP contribution in [0, 0.1) is 0 Å². The predicted octanol–water partition coefficient (Wildman–Crippen LogP) is 4.21. The molecule has 1 unspecified atom stereocenters. The lowest BCUT2D eigenvalue weighted by molar-refractivity contribution is -0.122. The molecule has 1 aliphatic rings. The number of hydrogen-bond acceptors (Lipinski definition) is 4. The minimum atomic E-state index is -3.80. The lowest BCUT2D eigenvalue weighted by atomic mass is 10.3. The lowest BCUT2D eigenvalue weighted by Crippen LogP contribution is -2.30. The zero-order valence-corrected chi connectivity index (χ0v) is 18.8. The first kappa shape index (κ1) is 22.4. The van der Waals surface area contributed by atoms with E-state index < -0.39 is 22.0 Å². The Labute approximate surface area is 185 Å². The van der Waals surface area contributed by atoms with Gasteiger partial charge in [-0.1, -0.05) is 23.2 Å². The number of nitrogens with one attached hydrogen (secondary N) is 1. The number of ether oxygens (including phenoxy) is 1. The highest BCUT2D eigenvalue weighted by atomic mass is 35.5. The highest BCUT2D eigenvalue weighted by molar-refractivity contribution is 7.90. The normalized spacial score (nSPS) is 16.5. The number of rotatable bonds is 6. The lowest BCUT2D eigenvalue weighted by Gasteiger charge is -2.16. The Morgan fingerprint density at radius 1 is 1.20 bits per heavy atom. The number of amides is 1. The van der Waals surface area contributed by atoms with Crippen LogP contribution in [0.5, 0.6) is 5.75 Å². The summed E-state index contributed by atoms with van der Waals surface area (Å²) < 4.78 is 34.5. The Balaban J connectivity index is 1.65. The van der Waals surface area contributed by atoms with Crippen LogP contribution in [0.25, 0.3) is 0 Å². The Kier molecular flexibility index (Phi) is 6.90. The van der Waals surface area contributed by atoms with Crippen molar-refractivity contribution in [3.05, 3.63) is 52.5 Å². The van der Waals surface area contributed by atoms with Crippen molar-refractivity contribution in [1.29, 1.82) is 0 Å². The van der Waals surface area contributed by atoms with Gasteiger partial charge in [-0.15, -0.1) is 4.40 Å². The van der Waals surface area contributed by atoms with Crippen LogP contribution in [0.15, 0.2) is 51.8 Å². The van der Waals surface area contributed by atoms with Gasteiger partial charge in [-0.3, -0.25) is 4.79 Å². The standard InChI is InChI=1S/C20H21Cl2N3O4S/c1-13(29-18-10-5-14(21)12-17(18)22)20(26)23-15-6-8-16(9-7-15)30(27,28)24-19-4-3-11-25(19)2/h5-10,12-13H,3-4,11H2,1-2H3,(H,23,26)/b24-19-. The third-order valence-corrected chi connectivity index (χ3v) is 6.40. The highest BCUT2D eigenvalue weighted by Gasteiger charge is 2.21. The second-order valence-corrected chi connectivity index (χ2v) is 9.30. The molecule has 0 saturated carbocycles. The van der Waals surface area contributed by atoms with E-state index in [1.807, 2.05) is 11.9 Å². The van der Waals surface area contributed by atoms with Crippen LogP contribution in [0.2, 0.25) is 10.0 Å². The topological polar surface area (TPSA) is 88.1 Å². The highest BCUT2D eigenvalue weighted by Crippen LogP contribution is 2.28. The van der Waals surface area contributed by atoms with Crippen LogP contribution in [0.4, 0.5) is 5.69 Å². The molecule has 1 fully saturated rings. The molecule has 0 aliphatic carbocycles. The molecule has 2 aromatic carbocycles. The number of anilines is 1. The summed E-state index contributed by atoms with van der Waals surface area (Å²) in [5.41, 5.74) is 0.433. The number of carbonyl (C=O) groups excluding carboxylic acids is 1. The molecule has 0 radical (unpaired) electrons. The van der Waals surface area contributed by atoms with Gasteiger partial charge in [0.05, 0.1) is 9.92 Å². The van der Waals surface area contributed by atoms with Crippen molar-refractivity contribution >= 4 is 50.7 Å². The first-order valence-corrected chi connectivity index (χ1v) is 11.4. The van der Waals surface area contributed by atoms with Gasteiger partial charge in [-0.05, 0) is 55.8 Å². The summed E-state index contributed by atoms with van der Waals surface area (Å²) in [6.45, 7) is 2.37. The number of halogens is 2. The van der Waals surface area contributed by atoms with Crippen molar-refractivity contribution in [3.8, 4) is 5.75 Å².